The van der Waals surface area contributed by atoms with E-state index in [9.17, 15) is 9.59 Å². The molecule has 1 N–H and O–H groups in total. The molecule has 0 spiro atoms. The fourth-order valence-corrected chi connectivity index (χ4v) is 4.35. The summed E-state index contributed by atoms with van der Waals surface area (Å²) in [5.74, 6) is 0.350. The van der Waals surface area contributed by atoms with Crippen LogP contribution in [-0.2, 0) is 11.3 Å². The third-order valence-electron chi connectivity index (χ3n) is 4.78. The Kier molecular flexibility index (Phi) is 7.00. The summed E-state index contributed by atoms with van der Waals surface area (Å²) in [6, 6.07) is 7.09. The molecule has 1 saturated heterocycles. The zero-order chi connectivity index (χ0) is 21.0. The second-order valence-corrected chi connectivity index (χ2v) is 8.43. The minimum atomic E-state index is -0.454. The van der Waals surface area contributed by atoms with Crippen LogP contribution in [-0.4, -0.2) is 62.2 Å². The number of anilines is 1. The van der Waals surface area contributed by atoms with Gasteiger partial charge in [0.2, 0.25) is 0 Å². The summed E-state index contributed by atoms with van der Waals surface area (Å²) in [6.07, 6.45) is 0. The minimum absolute atomic E-state index is 0.211. The maximum Gasteiger partial charge on any atom is 0.340 e. The number of hydrogen-bond acceptors (Lipinski definition) is 6. The number of nitrogens with one attached hydrogen (secondary N) is 1. The van der Waals surface area contributed by atoms with Crippen LogP contribution in [0.15, 0.2) is 24.3 Å². The molecule has 7 nitrogen and oxygen atoms in total. The van der Waals surface area contributed by atoms with Crippen LogP contribution in [0.2, 0.25) is 5.02 Å². The Hall–Kier alpha value is -2.29. The first-order valence-corrected chi connectivity index (χ1v) is 10.4. The lowest BCUT2D eigenvalue weighted by Gasteiger charge is -2.34. The number of piperazine rings is 1. The maximum absolute atomic E-state index is 12.7. The standard InChI is InChI=1S/C20H24ClN3O4S/c1-13-10-16(19(25)28-3)18(29-13)22-20(26)24-8-6-23(7-9-24)12-14-11-15(21)4-5-17(14)27-2/h4-5,10-11H,6-9,12H2,1-3H3,(H,22,26). The molecule has 3 rings (SSSR count). The van der Waals surface area contributed by atoms with Crippen LogP contribution in [0.5, 0.6) is 5.75 Å². The van der Waals surface area contributed by atoms with Gasteiger partial charge in [-0.15, -0.1) is 11.3 Å². The monoisotopic (exact) mass is 437 g/mol. The van der Waals surface area contributed by atoms with Crippen molar-refractivity contribution in [2.45, 2.75) is 13.5 Å². The van der Waals surface area contributed by atoms with Crippen molar-refractivity contribution in [1.29, 1.82) is 0 Å². The molecule has 2 amide bonds. The Bertz CT molecular complexity index is 894. The Labute approximate surface area is 179 Å². The molecule has 9 heteroatoms. The average molecular weight is 438 g/mol. The second kappa shape index (κ2) is 9.47. The number of thiophene rings is 1. The molecule has 2 heterocycles. The third-order valence-corrected chi connectivity index (χ3v) is 5.98. The van der Waals surface area contributed by atoms with E-state index in [1.807, 2.05) is 19.1 Å². The molecule has 0 radical (unpaired) electrons. The summed E-state index contributed by atoms with van der Waals surface area (Å²) in [5.41, 5.74) is 1.41. The van der Waals surface area contributed by atoms with E-state index in [1.165, 1.54) is 18.4 Å². The number of methoxy groups -OCH3 is 2. The number of nitrogens with zero attached hydrogens (tertiary/aromatic N) is 2. The van der Waals surface area contributed by atoms with Gasteiger partial charge in [-0.05, 0) is 31.2 Å². The number of rotatable bonds is 5. The van der Waals surface area contributed by atoms with Gasteiger partial charge in [-0.2, -0.15) is 0 Å². The molecule has 1 aliphatic rings. The first-order chi connectivity index (χ1) is 13.9. The van der Waals surface area contributed by atoms with Crippen molar-refractivity contribution < 1.29 is 19.1 Å². The highest BCUT2D eigenvalue weighted by molar-refractivity contribution is 7.16. The van der Waals surface area contributed by atoms with Crippen molar-refractivity contribution in [2.75, 3.05) is 45.7 Å². The Morgan fingerprint density at radius 3 is 2.55 bits per heavy atom. The van der Waals surface area contributed by atoms with Gasteiger partial charge in [0.25, 0.3) is 0 Å². The summed E-state index contributed by atoms with van der Waals surface area (Å²) in [5, 5.41) is 4.05. The first-order valence-electron chi connectivity index (χ1n) is 9.20. The normalized spacial score (nSPS) is 14.6. The van der Waals surface area contributed by atoms with Crippen molar-refractivity contribution in [2.24, 2.45) is 0 Å². The van der Waals surface area contributed by atoms with Gasteiger partial charge in [-0.25, -0.2) is 9.59 Å². The van der Waals surface area contributed by atoms with Crippen LogP contribution in [0.4, 0.5) is 9.80 Å². The van der Waals surface area contributed by atoms with Crippen LogP contribution in [0.1, 0.15) is 20.8 Å². The number of urea groups is 1. The number of ether oxygens (including phenoxy) is 2. The largest absolute Gasteiger partial charge is 0.496 e. The number of carbonyl (C=O) groups is 2. The topological polar surface area (TPSA) is 71.1 Å². The fraction of sp³-hybridized carbons (Fsp3) is 0.400. The summed E-state index contributed by atoms with van der Waals surface area (Å²) in [4.78, 5) is 29.5. The molecule has 0 bridgehead atoms. The van der Waals surface area contributed by atoms with Crippen molar-refractivity contribution in [3.05, 3.63) is 45.3 Å². The van der Waals surface area contributed by atoms with E-state index in [2.05, 4.69) is 10.2 Å². The predicted octanol–water partition coefficient (Wildman–Crippen LogP) is 3.85. The quantitative estimate of drug-likeness (QED) is 0.719. The van der Waals surface area contributed by atoms with E-state index in [-0.39, 0.29) is 6.03 Å². The van der Waals surface area contributed by atoms with E-state index in [0.717, 1.165) is 29.3 Å². The van der Waals surface area contributed by atoms with Gasteiger partial charge in [-0.1, -0.05) is 11.6 Å². The van der Waals surface area contributed by atoms with Crippen molar-refractivity contribution in [1.82, 2.24) is 9.80 Å². The van der Waals surface area contributed by atoms with E-state index in [0.29, 0.717) is 35.2 Å². The van der Waals surface area contributed by atoms with Crippen molar-refractivity contribution in [3.8, 4) is 5.75 Å². The molecular formula is C20H24ClN3O4S. The molecule has 1 aliphatic heterocycles. The molecule has 1 aromatic heterocycles. The molecule has 0 atom stereocenters. The highest BCUT2D eigenvalue weighted by Gasteiger charge is 2.24. The lowest BCUT2D eigenvalue weighted by atomic mass is 10.1. The number of aryl methyl sites for hydroxylation is 1. The fourth-order valence-electron chi connectivity index (χ4n) is 3.27. The van der Waals surface area contributed by atoms with Crippen LogP contribution >= 0.6 is 22.9 Å². The van der Waals surface area contributed by atoms with Gasteiger partial charge < -0.3 is 14.4 Å². The smallest absolute Gasteiger partial charge is 0.340 e. The molecule has 156 valence electrons. The van der Waals surface area contributed by atoms with Crippen molar-refractivity contribution >= 4 is 39.9 Å². The zero-order valence-corrected chi connectivity index (χ0v) is 18.2. The van der Waals surface area contributed by atoms with E-state index in [1.54, 1.807) is 24.1 Å². The summed E-state index contributed by atoms with van der Waals surface area (Å²) < 4.78 is 10.2. The number of amides is 2. The average Bonchev–Trinajstić information content (AvgIpc) is 3.08. The Morgan fingerprint density at radius 1 is 1.17 bits per heavy atom. The van der Waals surface area contributed by atoms with E-state index >= 15 is 0 Å². The number of halogens is 1. The SMILES string of the molecule is COC(=O)c1cc(C)sc1NC(=O)N1CCN(Cc2cc(Cl)ccc2OC)CC1. The van der Waals surface area contributed by atoms with Gasteiger partial charge in [0.05, 0.1) is 19.8 Å². The Morgan fingerprint density at radius 2 is 1.90 bits per heavy atom. The number of carbonyl (C=O) groups excluding carboxylic acids is 2. The minimum Gasteiger partial charge on any atom is -0.496 e. The van der Waals surface area contributed by atoms with Gasteiger partial charge in [0.1, 0.15) is 10.8 Å². The number of hydrogen-bond donors (Lipinski definition) is 1. The van der Waals surface area contributed by atoms with Crippen LogP contribution < -0.4 is 10.1 Å². The summed E-state index contributed by atoms with van der Waals surface area (Å²) in [7, 11) is 2.97. The molecule has 0 unspecified atom stereocenters. The van der Waals surface area contributed by atoms with E-state index in [4.69, 9.17) is 21.1 Å². The lowest BCUT2D eigenvalue weighted by Crippen LogP contribution is -2.49. The van der Waals surface area contributed by atoms with Gasteiger partial charge in [0, 0.05) is 48.2 Å². The predicted molar refractivity (Wildman–Crippen MR) is 114 cm³/mol. The van der Waals surface area contributed by atoms with Crippen LogP contribution in [0.3, 0.4) is 0 Å². The summed E-state index contributed by atoms with van der Waals surface area (Å²) >= 11 is 7.48. The number of benzene rings is 1. The second-order valence-electron chi connectivity index (χ2n) is 6.74. The third kappa shape index (κ3) is 5.20. The Balaban J connectivity index is 1.58. The van der Waals surface area contributed by atoms with Gasteiger partial charge in [0.15, 0.2) is 0 Å². The molecule has 1 fully saturated rings. The molecule has 29 heavy (non-hydrogen) atoms. The molecule has 1 aromatic carbocycles. The lowest BCUT2D eigenvalue weighted by molar-refractivity contribution is 0.0602. The highest BCUT2D eigenvalue weighted by Crippen LogP contribution is 2.29. The van der Waals surface area contributed by atoms with Gasteiger partial charge in [-0.3, -0.25) is 10.2 Å². The van der Waals surface area contributed by atoms with Crippen LogP contribution in [0.25, 0.3) is 0 Å². The zero-order valence-electron chi connectivity index (χ0n) is 16.7. The van der Waals surface area contributed by atoms with Crippen molar-refractivity contribution in [3.63, 3.8) is 0 Å². The molecule has 0 aliphatic carbocycles. The van der Waals surface area contributed by atoms with E-state index < -0.39 is 5.97 Å². The highest BCUT2D eigenvalue weighted by atomic mass is 35.5. The summed E-state index contributed by atoms with van der Waals surface area (Å²) in [6.45, 7) is 5.23. The molecular weight excluding hydrogens is 414 g/mol. The molecule has 0 saturated carbocycles. The number of esters is 1. The molecule has 2 aromatic rings. The first kappa shape index (κ1) is 21.4. The maximum atomic E-state index is 12.7. The van der Waals surface area contributed by atoms with Crippen LogP contribution in [0, 0.1) is 6.92 Å². The van der Waals surface area contributed by atoms with Gasteiger partial charge >= 0.3 is 12.0 Å².